The number of anilines is 1. The summed E-state index contributed by atoms with van der Waals surface area (Å²) in [5.74, 6) is -0.569. The minimum atomic E-state index is -0.452. The molecule has 4 rings (SSSR count). The number of hydrogen-bond acceptors (Lipinski definition) is 6. The summed E-state index contributed by atoms with van der Waals surface area (Å²) in [6, 6.07) is 15.5. The molecule has 3 aromatic rings. The number of nitrogens with one attached hydrogen (secondary N) is 2. The summed E-state index contributed by atoms with van der Waals surface area (Å²) in [6.45, 7) is -0.340. The van der Waals surface area contributed by atoms with Crippen LogP contribution in [0.1, 0.15) is 5.56 Å². The number of amidine groups is 1. The Kier molecular flexibility index (Phi) is 8.14. The number of hydrogen-bond donors (Lipinski definition) is 2. The predicted octanol–water partition coefficient (Wildman–Crippen LogP) is 6.05. The fourth-order valence-electron chi connectivity index (χ4n) is 3.14. The van der Waals surface area contributed by atoms with Crippen LogP contribution in [-0.2, 0) is 9.59 Å². The molecule has 1 aliphatic rings. The van der Waals surface area contributed by atoms with Crippen LogP contribution in [0.25, 0.3) is 6.08 Å². The molecular weight excluding hydrogens is 528 g/mol. The number of thioether (sulfide) groups is 1. The zero-order valence-electron chi connectivity index (χ0n) is 18.7. The molecule has 2 amide bonds. The fourth-order valence-corrected chi connectivity index (χ4v) is 4.30. The van der Waals surface area contributed by atoms with Gasteiger partial charge in [-0.05, 0) is 60.3 Å². The van der Waals surface area contributed by atoms with Crippen LogP contribution in [0.3, 0.4) is 0 Å². The minimum Gasteiger partial charge on any atom is -0.493 e. The Morgan fingerprint density at radius 2 is 1.89 bits per heavy atom. The molecule has 0 atom stereocenters. The number of halogens is 3. The molecule has 1 saturated heterocycles. The van der Waals surface area contributed by atoms with E-state index >= 15 is 0 Å². The van der Waals surface area contributed by atoms with Gasteiger partial charge in [0.25, 0.3) is 11.8 Å². The van der Waals surface area contributed by atoms with Crippen LogP contribution in [0, 0.1) is 5.82 Å². The van der Waals surface area contributed by atoms with Crippen molar-refractivity contribution in [2.24, 2.45) is 4.99 Å². The highest BCUT2D eigenvalue weighted by atomic mass is 35.5. The lowest BCUT2D eigenvalue weighted by molar-refractivity contribution is -0.118. The molecule has 0 saturated carbocycles. The SMILES string of the molecule is COc1cccc(/C=C2/SC(=Nc3cccc(Cl)c3Cl)NC2=O)c1OCC(=O)Nc1ccc(F)cc1. The molecule has 0 bridgehead atoms. The Morgan fingerprint density at radius 1 is 1.14 bits per heavy atom. The zero-order chi connectivity index (χ0) is 25.7. The summed E-state index contributed by atoms with van der Waals surface area (Å²) < 4.78 is 24.2. The first-order valence-electron chi connectivity index (χ1n) is 10.4. The van der Waals surface area contributed by atoms with Crippen LogP contribution in [0.2, 0.25) is 10.0 Å². The van der Waals surface area contributed by atoms with Gasteiger partial charge in [-0.2, -0.15) is 0 Å². The second kappa shape index (κ2) is 11.5. The van der Waals surface area contributed by atoms with E-state index in [0.717, 1.165) is 11.8 Å². The maximum Gasteiger partial charge on any atom is 0.264 e. The molecule has 11 heteroatoms. The summed E-state index contributed by atoms with van der Waals surface area (Å²) in [6.07, 6.45) is 1.61. The molecule has 0 aromatic heterocycles. The van der Waals surface area contributed by atoms with Crippen molar-refractivity contribution >= 4 is 69.4 Å². The molecule has 1 fully saturated rings. The summed E-state index contributed by atoms with van der Waals surface area (Å²) in [7, 11) is 1.47. The molecule has 0 unspecified atom stereocenters. The van der Waals surface area contributed by atoms with E-state index in [9.17, 15) is 14.0 Å². The number of carbonyl (C=O) groups is 2. The van der Waals surface area contributed by atoms with Crippen molar-refractivity contribution in [3.63, 3.8) is 0 Å². The van der Waals surface area contributed by atoms with Crippen molar-refractivity contribution < 1.29 is 23.5 Å². The summed E-state index contributed by atoms with van der Waals surface area (Å²) >= 11 is 13.3. The van der Waals surface area contributed by atoms with Gasteiger partial charge in [-0.3, -0.25) is 9.59 Å². The molecule has 1 heterocycles. The number of para-hydroxylation sites is 1. The predicted molar refractivity (Wildman–Crippen MR) is 141 cm³/mol. The number of rotatable bonds is 7. The highest BCUT2D eigenvalue weighted by molar-refractivity contribution is 8.18. The highest BCUT2D eigenvalue weighted by Crippen LogP contribution is 2.37. The van der Waals surface area contributed by atoms with E-state index in [1.165, 1.54) is 31.4 Å². The normalized spacial score (nSPS) is 15.2. The van der Waals surface area contributed by atoms with Gasteiger partial charge < -0.3 is 20.1 Å². The first-order chi connectivity index (χ1) is 17.3. The van der Waals surface area contributed by atoms with Gasteiger partial charge in [0.05, 0.1) is 27.7 Å². The Morgan fingerprint density at radius 3 is 2.64 bits per heavy atom. The number of benzene rings is 3. The maximum absolute atomic E-state index is 13.1. The van der Waals surface area contributed by atoms with Gasteiger partial charge in [0.15, 0.2) is 23.3 Å². The number of amides is 2. The molecule has 1 aliphatic heterocycles. The lowest BCUT2D eigenvalue weighted by Crippen LogP contribution is -2.20. The molecule has 3 aromatic carbocycles. The van der Waals surface area contributed by atoms with Gasteiger partial charge in [0, 0.05) is 11.3 Å². The third-order valence-electron chi connectivity index (χ3n) is 4.80. The third kappa shape index (κ3) is 6.17. The van der Waals surface area contributed by atoms with Crippen LogP contribution in [0.15, 0.2) is 70.6 Å². The first-order valence-corrected chi connectivity index (χ1v) is 12.0. The monoisotopic (exact) mass is 545 g/mol. The highest BCUT2D eigenvalue weighted by Gasteiger charge is 2.25. The van der Waals surface area contributed by atoms with E-state index in [1.54, 1.807) is 42.5 Å². The Hall–Kier alpha value is -3.53. The van der Waals surface area contributed by atoms with Crippen molar-refractivity contribution in [3.8, 4) is 11.5 Å². The van der Waals surface area contributed by atoms with Gasteiger partial charge in [0.1, 0.15) is 5.82 Å². The zero-order valence-corrected chi connectivity index (χ0v) is 21.0. The van der Waals surface area contributed by atoms with Gasteiger partial charge in [-0.1, -0.05) is 41.4 Å². The number of carbonyl (C=O) groups excluding carboxylic acids is 2. The van der Waals surface area contributed by atoms with Gasteiger partial charge >= 0.3 is 0 Å². The second-order valence-electron chi connectivity index (χ2n) is 7.28. The van der Waals surface area contributed by atoms with Crippen molar-refractivity contribution in [1.82, 2.24) is 5.32 Å². The van der Waals surface area contributed by atoms with Crippen LogP contribution in [0.5, 0.6) is 11.5 Å². The summed E-state index contributed by atoms with van der Waals surface area (Å²) in [4.78, 5) is 29.7. The molecule has 2 N–H and O–H groups in total. The van der Waals surface area contributed by atoms with Crippen LogP contribution in [-0.4, -0.2) is 30.7 Å². The lowest BCUT2D eigenvalue weighted by Gasteiger charge is -2.13. The molecule has 184 valence electrons. The minimum absolute atomic E-state index is 0.276. The lowest BCUT2D eigenvalue weighted by atomic mass is 10.1. The third-order valence-corrected chi connectivity index (χ3v) is 6.51. The standard InChI is InChI=1S/C25H18Cl2FN3O4S/c1-34-19-7-2-4-14(23(19)35-13-21(32)29-16-10-8-15(28)9-11-16)12-20-24(33)31-25(36-20)30-18-6-3-5-17(26)22(18)27/h2-12H,13H2,1H3,(H,29,32)(H,30,31,33)/b20-12+. The first kappa shape index (κ1) is 25.6. The molecule has 0 spiro atoms. The summed E-state index contributed by atoms with van der Waals surface area (Å²) in [5.41, 5.74) is 1.37. The van der Waals surface area contributed by atoms with E-state index in [0.29, 0.717) is 37.8 Å². The van der Waals surface area contributed by atoms with Gasteiger partial charge in [0.2, 0.25) is 0 Å². The molecule has 36 heavy (non-hydrogen) atoms. The average Bonchev–Trinajstić information content (AvgIpc) is 3.20. The van der Waals surface area contributed by atoms with E-state index in [2.05, 4.69) is 15.6 Å². The Balaban J connectivity index is 1.53. The van der Waals surface area contributed by atoms with Crippen molar-refractivity contribution in [2.45, 2.75) is 0 Å². The Bertz CT molecular complexity index is 1380. The second-order valence-corrected chi connectivity index (χ2v) is 9.09. The van der Waals surface area contributed by atoms with Crippen molar-refractivity contribution in [1.29, 1.82) is 0 Å². The van der Waals surface area contributed by atoms with E-state index in [1.807, 2.05) is 0 Å². The summed E-state index contributed by atoms with van der Waals surface area (Å²) in [5, 5.41) is 6.28. The smallest absolute Gasteiger partial charge is 0.264 e. The molecule has 7 nitrogen and oxygen atoms in total. The van der Waals surface area contributed by atoms with E-state index in [4.69, 9.17) is 32.7 Å². The van der Waals surface area contributed by atoms with E-state index in [-0.39, 0.29) is 23.3 Å². The average molecular weight is 546 g/mol. The quantitative estimate of drug-likeness (QED) is 0.353. The van der Waals surface area contributed by atoms with E-state index < -0.39 is 11.7 Å². The number of ether oxygens (including phenoxy) is 2. The number of methoxy groups -OCH3 is 1. The molecule has 0 aliphatic carbocycles. The van der Waals surface area contributed by atoms with Crippen LogP contribution < -0.4 is 20.1 Å². The van der Waals surface area contributed by atoms with Crippen molar-refractivity contribution in [3.05, 3.63) is 87.0 Å². The fraction of sp³-hybridized carbons (Fsp3) is 0.0800. The number of aliphatic imine (C=N–C) groups is 1. The molecular formula is C25H18Cl2FN3O4S. The largest absolute Gasteiger partial charge is 0.493 e. The van der Waals surface area contributed by atoms with Crippen LogP contribution in [0.4, 0.5) is 15.8 Å². The molecule has 0 radical (unpaired) electrons. The van der Waals surface area contributed by atoms with Crippen molar-refractivity contribution in [2.75, 3.05) is 19.0 Å². The van der Waals surface area contributed by atoms with Crippen LogP contribution >= 0.6 is 35.0 Å². The van der Waals surface area contributed by atoms with Gasteiger partial charge in [-0.25, -0.2) is 9.38 Å². The Labute approximate surface area is 220 Å². The maximum atomic E-state index is 13.1. The van der Waals surface area contributed by atoms with Gasteiger partial charge in [-0.15, -0.1) is 0 Å². The topological polar surface area (TPSA) is 89.0 Å². The number of nitrogens with zero attached hydrogens (tertiary/aromatic N) is 1.